The van der Waals surface area contributed by atoms with Crippen LogP contribution in [-0.2, 0) is 11.3 Å². The average Bonchev–Trinajstić information content (AvgIpc) is 2.20. The largest absolute Gasteiger partial charge is 0.385 e. The zero-order chi connectivity index (χ0) is 11.4. The number of aromatic amines is 1. The quantitative estimate of drug-likeness (QED) is 0.639. The molecule has 0 fully saturated rings. The van der Waals surface area contributed by atoms with Crippen LogP contribution in [0.1, 0.15) is 6.42 Å². The highest BCUT2D eigenvalue weighted by Gasteiger charge is 2.09. The molecule has 1 aromatic rings. The molecule has 0 spiro atoms. The number of aromatic nitrogens is 2. The summed E-state index contributed by atoms with van der Waals surface area (Å²) in [6, 6.07) is 0. The number of methoxy groups -OCH3 is 1. The molecule has 5 nitrogen and oxygen atoms in total. The summed E-state index contributed by atoms with van der Waals surface area (Å²) in [6.07, 6.45) is 0.553. The first-order valence-electron chi connectivity index (χ1n) is 4.25. The van der Waals surface area contributed by atoms with Gasteiger partial charge in [0.2, 0.25) is 0 Å². The van der Waals surface area contributed by atoms with E-state index in [4.69, 9.17) is 27.9 Å². The van der Waals surface area contributed by atoms with Crippen LogP contribution in [0, 0.1) is 0 Å². The number of ether oxygens (including phenoxy) is 1. The van der Waals surface area contributed by atoms with Crippen molar-refractivity contribution in [2.75, 3.05) is 13.7 Å². The van der Waals surface area contributed by atoms with E-state index in [-0.39, 0.29) is 16.7 Å². The Labute approximate surface area is 95.6 Å². The molecule has 0 atom stereocenters. The first kappa shape index (κ1) is 12.3. The molecule has 0 aliphatic carbocycles. The van der Waals surface area contributed by atoms with Gasteiger partial charge in [0, 0.05) is 20.3 Å². The van der Waals surface area contributed by atoms with Crippen LogP contribution in [0.15, 0.2) is 9.59 Å². The maximum atomic E-state index is 11.5. The molecule has 0 unspecified atom stereocenters. The monoisotopic (exact) mass is 252 g/mol. The Morgan fingerprint density at radius 1 is 1.40 bits per heavy atom. The number of H-pyrrole nitrogens is 1. The summed E-state index contributed by atoms with van der Waals surface area (Å²) < 4.78 is 5.80. The SMILES string of the molecule is COCCCn1c(=O)[nH]c(Cl)c(Cl)c1=O. The molecule has 0 bridgehead atoms. The van der Waals surface area contributed by atoms with Gasteiger partial charge in [0.15, 0.2) is 0 Å². The van der Waals surface area contributed by atoms with Crippen LogP contribution in [0.2, 0.25) is 10.2 Å². The van der Waals surface area contributed by atoms with E-state index in [0.29, 0.717) is 13.0 Å². The van der Waals surface area contributed by atoms with E-state index >= 15 is 0 Å². The summed E-state index contributed by atoms with van der Waals surface area (Å²) in [5.41, 5.74) is -1.15. The van der Waals surface area contributed by atoms with Crippen molar-refractivity contribution in [2.24, 2.45) is 0 Å². The van der Waals surface area contributed by atoms with Crippen LogP contribution < -0.4 is 11.2 Å². The minimum Gasteiger partial charge on any atom is -0.385 e. The first-order valence-corrected chi connectivity index (χ1v) is 5.00. The third kappa shape index (κ3) is 2.84. The summed E-state index contributed by atoms with van der Waals surface area (Å²) in [4.78, 5) is 25.1. The van der Waals surface area contributed by atoms with Crippen molar-refractivity contribution in [1.82, 2.24) is 9.55 Å². The lowest BCUT2D eigenvalue weighted by Crippen LogP contribution is -2.35. The lowest BCUT2D eigenvalue weighted by atomic mass is 10.4. The number of nitrogens with zero attached hydrogens (tertiary/aromatic N) is 1. The van der Waals surface area contributed by atoms with E-state index in [1.165, 1.54) is 0 Å². The predicted molar refractivity (Wildman–Crippen MR) is 57.8 cm³/mol. The molecule has 0 saturated heterocycles. The average molecular weight is 253 g/mol. The molecule has 0 aliphatic rings. The Morgan fingerprint density at radius 3 is 2.67 bits per heavy atom. The zero-order valence-electron chi connectivity index (χ0n) is 8.05. The van der Waals surface area contributed by atoms with E-state index < -0.39 is 11.2 Å². The Balaban J connectivity index is 3.03. The Hall–Kier alpha value is -0.780. The number of rotatable bonds is 4. The molecule has 1 aromatic heterocycles. The van der Waals surface area contributed by atoms with Gasteiger partial charge in [-0.25, -0.2) is 4.79 Å². The van der Waals surface area contributed by atoms with Crippen molar-refractivity contribution in [3.05, 3.63) is 31.0 Å². The third-order valence-electron chi connectivity index (χ3n) is 1.82. The molecule has 1 heterocycles. The van der Waals surface area contributed by atoms with Crippen LogP contribution in [0.4, 0.5) is 0 Å². The van der Waals surface area contributed by atoms with Gasteiger partial charge in [0.1, 0.15) is 10.2 Å². The predicted octanol–water partition coefficient (Wildman–Crippen LogP) is 0.880. The molecule has 84 valence electrons. The number of hydrogen-bond acceptors (Lipinski definition) is 3. The van der Waals surface area contributed by atoms with Crippen LogP contribution in [0.3, 0.4) is 0 Å². The summed E-state index contributed by atoms with van der Waals surface area (Å²) in [7, 11) is 1.54. The maximum Gasteiger partial charge on any atom is 0.329 e. The molecule has 1 N–H and O–H groups in total. The topological polar surface area (TPSA) is 64.1 Å². The summed E-state index contributed by atoms with van der Waals surface area (Å²) >= 11 is 11.1. The van der Waals surface area contributed by atoms with Crippen molar-refractivity contribution < 1.29 is 4.74 Å². The summed E-state index contributed by atoms with van der Waals surface area (Å²) in [5.74, 6) is 0. The highest BCUT2D eigenvalue weighted by atomic mass is 35.5. The lowest BCUT2D eigenvalue weighted by Gasteiger charge is -2.04. The number of nitrogens with one attached hydrogen (secondary N) is 1. The van der Waals surface area contributed by atoms with Crippen LogP contribution >= 0.6 is 23.2 Å². The van der Waals surface area contributed by atoms with E-state index in [9.17, 15) is 9.59 Å². The molecular formula is C8H10Cl2N2O3. The van der Waals surface area contributed by atoms with Crippen molar-refractivity contribution in [3.8, 4) is 0 Å². The number of hydrogen-bond donors (Lipinski definition) is 1. The third-order valence-corrected chi connectivity index (χ3v) is 2.55. The van der Waals surface area contributed by atoms with E-state index in [2.05, 4.69) is 4.98 Å². The first-order chi connectivity index (χ1) is 7.07. The summed E-state index contributed by atoms with van der Waals surface area (Å²) in [5, 5.41) is -0.302. The molecule has 0 amide bonds. The van der Waals surface area contributed by atoms with Crippen molar-refractivity contribution in [1.29, 1.82) is 0 Å². The van der Waals surface area contributed by atoms with Gasteiger partial charge in [-0.15, -0.1) is 0 Å². The normalized spacial score (nSPS) is 10.6. The molecule has 1 rings (SSSR count). The molecule has 0 radical (unpaired) electrons. The van der Waals surface area contributed by atoms with Gasteiger partial charge in [0.05, 0.1) is 0 Å². The fourth-order valence-electron chi connectivity index (χ4n) is 1.09. The van der Waals surface area contributed by atoms with Gasteiger partial charge in [-0.05, 0) is 6.42 Å². The highest BCUT2D eigenvalue weighted by molar-refractivity contribution is 6.40. The second-order valence-electron chi connectivity index (χ2n) is 2.86. The van der Waals surface area contributed by atoms with Gasteiger partial charge in [-0.1, -0.05) is 23.2 Å². The Kier molecular flexibility index (Phi) is 4.38. The van der Waals surface area contributed by atoms with Gasteiger partial charge in [0.25, 0.3) is 5.56 Å². The second kappa shape index (κ2) is 5.34. The van der Waals surface area contributed by atoms with Crippen LogP contribution in [-0.4, -0.2) is 23.3 Å². The molecule has 0 saturated carbocycles. The van der Waals surface area contributed by atoms with Gasteiger partial charge >= 0.3 is 5.69 Å². The molecular weight excluding hydrogens is 243 g/mol. The number of halogens is 2. The van der Waals surface area contributed by atoms with Crippen LogP contribution in [0.25, 0.3) is 0 Å². The standard InChI is InChI=1S/C8H10Cl2N2O3/c1-15-4-2-3-12-7(13)5(9)6(10)11-8(12)14/h2-4H2,1H3,(H,11,14). The van der Waals surface area contributed by atoms with Gasteiger partial charge in [-0.3, -0.25) is 14.3 Å². The molecule has 0 aliphatic heterocycles. The van der Waals surface area contributed by atoms with Crippen molar-refractivity contribution in [2.45, 2.75) is 13.0 Å². The molecule has 15 heavy (non-hydrogen) atoms. The lowest BCUT2D eigenvalue weighted by molar-refractivity contribution is 0.189. The minimum absolute atomic E-state index is 0.130. The van der Waals surface area contributed by atoms with Crippen molar-refractivity contribution >= 4 is 23.2 Å². The fourth-order valence-corrected chi connectivity index (χ4v) is 1.40. The van der Waals surface area contributed by atoms with E-state index in [1.807, 2.05) is 0 Å². The van der Waals surface area contributed by atoms with Gasteiger partial charge in [-0.2, -0.15) is 0 Å². The maximum absolute atomic E-state index is 11.5. The van der Waals surface area contributed by atoms with Crippen LogP contribution in [0.5, 0.6) is 0 Å². The Morgan fingerprint density at radius 2 is 2.07 bits per heavy atom. The molecule has 0 aromatic carbocycles. The minimum atomic E-state index is -0.582. The van der Waals surface area contributed by atoms with E-state index in [0.717, 1.165) is 4.57 Å². The fraction of sp³-hybridized carbons (Fsp3) is 0.500. The zero-order valence-corrected chi connectivity index (χ0v) is 9.56. The Bertz CT molecular complexity index is 452. The highest BCUT2D eigenvalue weighted by Crippen LogP contribution is 2.10. The smallest absolute Gasteiger partial charge is 0.329 e. The van der Waals surface area contributed by atoms with Gasteiger partial charge < -0.3 is 4.74 Å². The second-order valence-corrected chi connectivity index (χ2v) is 3.62. The summed E-state index contributed by atoms with van der Waals surface area (Å²) in [6.45, 7) is 0.713. The van der Waals surface area contributed by atoms with E-state index in [1.54, 1.807) is 7.11 Å². The molecule has 7 heteroatoms. The van der Waals surface area contributed by atoms with Crippen molar-refractivity contribution in [3.63, 3.8) is 0 Å².